The Bertz CT molecular complexity index is 311. The summed E-state index contributed by atoms with van der Waals surface area (Å²) in [6.07, 6.45) is 2.41. The first-order valence-corrected chi connectivity index (χ1v) is 3.35. The maximum Gasteiger partial charge on any atom is 0.339 e. The Morgan fingerprint density at radius 2 is 2.36 bits per heavy atom. The minimum absolute atomic E-state index is 0.419. The topological polar surface area (TPSA) is 47.3 Å². The monoisotopic (exact) mass is 152 g/mol. The molecule has 3 heteroatoms. The summed E-state index contributed by atoms with van der Waals surface area (Å²) in [7, 11) is 0. The zero-order chi connectivity index (χ0) is 8.27. The van der Waals surface area contributed by atoms with Crippen molar-refractivity contribution in [2.24, 2.45) is 0 Å². The van der Waals surface area contributed by atoms with Crippen molar-refractivity contribution < 1.29 is 9.21 Å². The first kappa shape index (κ1) is 7.72. The smallest absolute Gasteiger partial charge is 0.339 e. The summed E-state index contributed by atoms with van der Waals surface area (Å²) in [5.74, 6) is 0. The van der Waals surface area contributed by atoms with Gasteiger partial charge in [0.2, 0.25) is 0 Å². The van der Waals surface area contributed by atoms with Crippen LogP contribution in [0.1, 0.15) is 22.8 Å². The van der Waals surface area contributed by atoms with Gasteiger partial charge in [-0.05, 0) is 12.5 Å². The van der Waals surface area contributed by atoms with Crippen molar-refractivity contribution in [2.45, 2.75) is 13.3 Å². The zero-order valence-corrected chi connectivity index (χ0v) is 6.16. The first-order chi connectivity index (χ1) is 5.29. The lowest BCUT2D eigenvalue weighted by Crippen LogP contribution is -2.08. The molecule has 0 fully saturated rings. The maximum atomic E-state index is 10.9. The van der Waals surface area contributed by atoms with Crippen LogP contribution in [-0.4, -0.2) is 6.29 Å². The SMILES string of the molecule is CCc1c(C=O)ccoc1=O. The Balaban J connectivity index is 3.36. The highest BCUT2D eigenvalue weighted by molar-refractivity contribution is 5.76. The molecule has 1 aromatic rings. The molecule has 0 unspecified atom stereocenters. The fourth-order valence-electron chi connectivity index (χ4n) is 0.918. The van der Waals surface area contributed by atoms with E-state index in [-0.39, 0.29) is 0 Å². The first-order valence-electron chi connectivity index (χ1n) is 3.35. The predicted octanol–water partition coefficient (Wildman–Crippen LogP) is 1.01. The Morgan fingerprint density at radius 1 is 1.64 bits per heavy atom. The summed E-state index contributed by atoms with van der Waals surface area (Å²) in [5, 5.41) is 0. The number of hydrogen-bond donors (Lipinski definition) is 0. The third-order valence-electron chi connectivity index (χ3n) is 1.50. The molecule has 0 aliphatic rings. The molecule has 0 N–H and O–H groups in total. The fourth-order valence-corrected chi connectivity index (χ4v) is 0.918. The van der Waals surface area contributed by atoms with Gasteiger partial charge < -0.3 is 4.42 Å². The summed E-state index contributed by atoms with van der Waals surface area (Å²) in [6.45, 7) is 1.80. The minimum atomic E-state index is -0.419. The maximum absolute atomic E-state index is 10.9. The van der Waals surface area contributed by atoms with Crippen molar-refractivity contribution in [1.29, 1.82) is 0 Å². The lowest BCUT2D eigenvalue weighted by molar-refractivity contribution is 0.112. The van der Waals surface area contributed by atoms with Gasteiger partial charge in [0, 0.05) is 11.1 Å². The van der Waals surface area contributed by atoms with E-state index >= 15 is 0 Å². The Morgan fingerprint density at radius 3 is 2.82 bits per heavy atom. The molecule has 0 aliphatic heterocycles. The standard InChI is InChI=1S/C8H8O3/c1-2-7-6(5-9)3-4-11-8(7)10/h3-5H,2H2,1H3. The third kappa shape index (κ3) is 1.37. The third-order valence-corrected chi connectivity index (χ3v) is 1.50. The number of rotatable bonds is 2. The number of aldehydes is 1. The van der Waals surface area contributed by atoms with E-state index < -0.39 is 5.63 Å². The summed E-state index contributed by atoms with van der Waals surface area (Å²) < 4.78 is 4.58. The second-order valence-corrected chi connectivity index (χ2v) is 2.11. The van der Waals surface area contributed by atoms with E-state index in [1.165, 1.54) is 12.3 Å². The molecule has 58 valence electrons. The van der Waals surface area contributed by atoms with Crippen LogP contribution in [0.5, 0.6) is 0 Å². The fraction of sp³-hybridized carbons (Fsp3) is 0.250. The van der Waals surface area contributed by atoms with E-state index in [4.69, 9.17) is 0 Å². The van der Waals surface area contributed by atoms with Crippen molar-refractivity contribution in [2.75, 3.05) is 0 Å². The highest BCUT2D eigenvalue weighted by Gasteiger charge is 2.03. The van der Waals surface area contributed by atoms with Crippen LogP contribution in [0.3, 0.4) is 0 Å². The largest absolute Gasteiger partial charge is 0.431 e. The van der Waals surface area contributed by atoms with E-state index in [1.807, 2.05) is 0 Å². The Labute approximate surface area is 63.7 Å². The van der Waals surface area contributed by atoms with Gasteiger partial charge in [-0.15, -0.1) is 0 Å². The van der Waals surface area contributed by atoms with Gasteiger partial charge in [0.25, 0.3) is 0 Å². The molecule has 0 saturated heterocycles. The summed E-state index contributed by atoms with van der Waals surface area (Å²) in [6, 6.07) is 1.49. The normalized spacial score (nSPS) is 9.55. The lowest BCUT2D eigenvalue weighted by atomic mass is 10.1. The molecular formula is C8H8O3. The number of carbonyl (C=O) groups is 1. The van der Waals surface area contributed by atoms with Gasteiger partial charge in [0.1, 0.15) is 0 Å². The molecule has 0 bridgehead atoms. The van der Waals surface area contributed by atoms with Gasteiger partial charge in [-0.25, -0.2) is 4.79 Å². The quantitative estimate of drug-likeness (QED) is 0.594. The van der Waals surface area contributed by atoms with Gasteiger partial charge in [-0.3, -0.25) is 4.79 Å². The second kappa shape index (κ2) is 3.14. The van der Waals surface area contributed by atoms with Crippen LogP contribution in [-0.2, 0) is 6.42 Å². The van der Waals surface area contributed by atoms with Crippen LogP contribution in [0.15, 0.2) is 21.5 Å². The van der Waals surface area contributed by atoms with E-state index in [0.29, 0.717) is 23.8 Å². The Kier molecular flexibility index (Phi) is 2.21. The highest BCUT2D eigenvalue weighted by atomic mass is 16.4. The van der Waals surface area contributed by atoms with Gasteiger partial charge in [0.15, 0.2) is 6.29 Å². The lowest BCUT2D eigenvalue weighted by Gasteiger charge is -1.95. The van der Waals surface area contributed by atoms with Crippen LogP contribution in [0, 0.1) is 0 Å². The molecule has 0 atom stereocenters. The van der Waals surface area contributed by atoms with E-state index in [9.17, 15) is 9.59 Å². The molecule has 0 radical (unpaired) electrons. The van der Waals surface area contributed by atoms with E-state index in [0.717, 1.165) is 0 Å². The molecule has 3 nitrogen and oxygen atoms in total. The molecule has 1 heterocycles. The van der Waals surface area contributed by atoms with Crippen molar-refractivity contribution in [3.05, 3.63) is 33.9 Å². The van der Waals surface area contributed by atoms with Crippen molar-refractivity contribution >= 4 is 6.29 Å². The average Bonchev–Trinajstić information content (AvgIpc) is 2.04. The van der Waals surface area contributed by atoms with Crippen LogP contribution < -0.4 is 5.63 Å². The minimum Gasteiger partial charge on any atom is -0.431 e. The van der Waals surface area contributed by atoms with Crippen LogP contribution in [0.2, 0.25) is 0 Å². The molecule has 0 aromatic carbocycles. The van der Waals surface area contributed by atoms with E-state index in [2.05, 4.69) is 4.42 Å². The second-order valence-electron chi connectivity index (χ2n) is 2.11. The molecular weight excluding hydrogens is 144 g/mol. The predicted molar refractivity (Wildman–Crippen MR) is 39.7 cm³/mol. The van der Waals surface area contributed by atoms with Crippen LogP contribution in [0.25, 0.3) is 0 Å². The summed E-state index contributed by atoms with van der Waals surface area (Å²) in [5.41, 5.74) is 0.448. The molecule has 11 heavy (non-hydrogen) atoms. The van der Waals surface area contributed by atoms with Crippen LogP contribution in [0.4, 0.5) is 0 Å². The zero-order valence-electron chi connectivity index (χ0n) is 6.16. The number of hydrogen-bond acceptors (Lipinski definition) is 3. The molecule has 0 spiro atoms. The van der Waals surface area contributed by atoms with Crippen molar-refractivity contribution in [3.63, 3.8) is 0 Å². The molecule has 0 aliphatic carbocycles. The van der Waals surface area contributed by atoms with Gasteiger partial charge in [-0.2, -0.15) is 0 Å². The molecule has 1 aromatic heterocycles. The van der Waals surface area contributed by atoms with Crippen molar-refractivity contribution in [1.82, 2.24) is 0 Å². The summed E-state index contributed by atoms with van der Waals surface area (Å²) in [4.78, 5) is 21.3. The molecule has 0 saturated carbocycles. The Hall–Kier alpha value is -1.38. The molecule has 0 amide bonds. The van der Waals surface area contributed by atoms with Gasteiger partial charge in [0.05, 0.1) is 6.26 Å². The van der Waals surface area contributed by atoms with Gasteiger partial charge >= 0.3 is 5.63 Å². The van der Waals surface area contributed by atoms with Gasteiger partial charge in [-0.1, -0.05) is 6.92 Å². The van der Waals surface area contributed by atoms with Crippen molar-refractivity contribution in [3.8, 4) is 0 Å². The summed E-state index contributed by atoms with van der Waals surface area (Å²) >= 11 is 0. The average molecular weight is 152 g/mol. The number of carbonyl (C=O) groups excluding carboxylic acids is 1. The van der Waals surface area contributed by atoms with Crippen LogP contribution >= 0.6 is 0 Å². The highest BCUT2D eigenvalue weighted by Crippen LogP contribution is 2.00. The molecule has 1 rings (SSSR count). The van der Waals surface area contributed by atoms with E-state index in [1.54, 1.807) is 6.92 Å².